The van der Waals surface area contributed by atoms with Gasteiger partial charge in [-0.3, -0.25) is 4.79 Å². The van der Waals surface area contributed by atoms with Crippen LogP contribution in [0.4, 0.5) is 8.78 Å². The Morgan fingerprint density at radius 1 is 1.24 bits per heavy atom. The van der Waals surface area contributed by atoms with Gasteiger partial charge in [0, 0.05) is 13.0 Å². The molecule has 0 amide bonds. The Hall–Kier alpha value is -1.29. The number of aryl methyl sites for hydroxylation is 1. The SMILES string of the molecule is CCCOCCC(=O)c1ccc(C)c(F)c1F. The van der Waals surface area contributed by atoms with E-state index in [-0.39, 0.29) is 24.2 Å². The molecule has 0 aliphatic heterocycles. The molecule has 0 radical (unpaired) electrons. The normalized spacial score (nSPS) is 10.6. The molecule has 0 unspecified atom stereocenters. The maximum atomic E-state index is 13.5. The standard InChI is InChI=1S/C13H16F2O2/c1-3-7-17-8-6-11(16)10-5-4-9(2)12(14)13(10)15/h4-5H,3,6-8H2,1-2H3. The summed E-state index contributed by atoms with van der Waals surface area (Å²) in [6.45, 7) is 4.22. The quantitative estimate of drug-likeness (QED) is 0.565. The molecule has 94 valence electrons. The summed E-state index contributed by atoms with van der Waals surface area (Å²) in [6, 6.07) is 2.72. The van der Waals surface area contributed by atoms with E-state index >= 15 is 0 Å². The predicted octanol–water partition coefficient (Wildman–Crippen LogP) is 3.27. The number of ketones is 1. The maximum Gasteiger partial charge on any atom is 0.169 e. The first-order valence-electron chi connectivity index (χ1n) is 5.63. The smallest absolute Gasteiger partial charge is 0.169 e. The minimum absolute atomic E-state index is 0.0689. The first kappa shape index (κ1) is 13.8. The highest BCUT2D eigenvalue weighted by Crippen LogP contribution is 2.17. The van der Waals surface area contributed by atoms with Gasteiger partial charge < -0.3 is 4.74 Å². The van der Waals surface area contributed by atoms with Crippen LogP contribution in [-0.4, -0.2) is 19.0 Å². The van der Waals surface area contributed by atoms with Gasteiger partial charge in [-0.2, -0.15) is 0 Å². The van der Waals surface area contributed by atoms with Crippen LogP contribution in [0.1, 0.15) is 35.7 Å². The Morgan fingerprint density at radius 2 is 1.94 bits per heavy atom. The molecule has 1 aromatic rings. The van der Waals surface area contributed by atoms with Crippen LogP contribution < -0.4 is 0 Å². The lowest BCUT2D eigenvalue weighted by molar-refractivity contribution is 0.0874. The molecular formula is C13H16F2O2. The van der Waals surface area contributed by atoms with E-state index in [1.54, 1.807) is 0 Å². The average Bonchev–Trinajstić information content (AvgIpc) is 2.31. The Bertz CT molecular complexity index is 403. The molecule has 2 nitrogen and oxygen atoms in total. The molecule has 0 fully saturated rings. The van der Waals surface area contributed by atoms with E-state index in [1.165, 1.54) is 19.1 Å². The summed E-state index contributed by atoms with van der Waals surface area (Å²) < 4.78 is 31.8. The topological polar surface area (TPSA) is 26.3 Å². The second-order valence-electron chi connectivity index (χ2n) is 3.84. The van der Waals surface area contributed by atoms with E-state index < -0.39 is 17.4 Å². The van der Waals surface area contributed by atoms with E-state index in [2.05, 4.69) is 0 Å². The summed E-state index contributed by atoms with van der Waals surface area (Å²) in [7, 11) is 0. The third kappa shape index (κ3) is 3.60. The third-order valence-corrected chi connectivity index (χ3v) is 2.40. The summed E-state index contributed by atoms with van der Waals surface area (Å²) in [5, 5.41) is 0. The lowest BCUT2D eigenvalue weighted by Gasteiger charge is -2.05. The van der Waals surface area contributed by atoms with Crippen molar-refractivity contribution < 1.29 is 18.3 Å². The molecule has 1 rings (SSSR count). The Kier molecular flexibility index (Phi) is 5.22. The van der Waals surface area contributed by atoms with Gasteiger partial charge >= 0.3 is 0 Å². The monoisotopic (exact) mass is 242 g/mol. The van der Waals surface area contributed by atoms with Gasteiger partial charge in [0.25, 0.3) is 0 Å². The summed E-state index contributed by atoms with van der Waals surface area (Å²) in [5.41, 5.74) is -0.00511. The first-order valence-corrected chi connectivity index (χ1v) is 5.63. The zero-order chi connectivity index (χ0) is 12.8. The van der Waals surface area contributed by atoms with E-state index in [1.807, 2.05) is 6.92 Å². The molecule has 4 heteroatoms. The van der Waals surface area contributed by atoms with Crippen molar-refractivity contribution in [1.29, 1.82) is 0 Å². The molecule has 0 spiro atoms. The van der Waals surface area contributed by atoms with Gasteiger partial charge in [0.05, 0.1) is 12.2 Å². The Balaban J connectivity index is 2.66. The molecule has 0 aliphatic rings. The highest BCUT2D eigenvalue weighted by Gasteiger charge is 2.16. The van der Waals surface area contributed by atoms with Crippen LogP contribution in [0.25, 0.3) is 0 Å². The number of carbonyl (C=O) groups is 1. The number of rotatable bonds is 6. The van der Waals surface area contributed by atoms with Crippen molar-refractivity contribution in [2.75, 3.05) is 13.2 Å². The fourth-order valence-corrected chi connectivity index (χ4v) is 1.41. The first-order chi connectivity index (χ1) is 8.07. The highest BCUT2D eigenvalue weighted by molar-refractivity contribution is 5.96. The van der Waals surface area contributed by atoms with Crippen LogP contribution in [0.3, 0.4) is 0 Å². The summed E-state index contributed by atoms with van der Waals surface area (Å²) in [5.74, 6) is -2.45. The lowest BCUT2D eigenvalue weighted by atomic mass is 10.1. The van der Waals surface area contributed by atoms with Crippen LogP contribution in [0.2, 0.25) is 0 Å². The number of benzene rings is 1. The fourth-order valence-electron chi connectivity index (χ4n) is 1.41. The average molecular weight is 242 g/mol. The molecule has 1 aromatic carbocycles. The van der Waals surface area contributed by atoms with Crippen LogP contribution in [0.15, 0.2) is 12.1 Å². The summed E-state index contributed by atoms with van der Waals surface area (Å²) in [4.78, 5) is 11.6. The minimum Gasteiger partial charge on any atom is -0.381 e. The minimum atomic E-state index is -1.06. The Labute approximate surface area is 99.6 Å². The van der Waals surface area contributed by atoms with Crippen molar-refractivity contribution in [2.45, 2.75) is 26.7 Å². The molecule has 17 heavy (non-hydrogen) atoms. The number of carbonyl (C=O) groups excluding carboxylic acids is 1. The number of hydrogen-bond acceptors (Lipinski definition) is 2. The summed E-state index contributed by atoms with van der Waals surface area (Å²) >= 11 is 0. The molecule has 0 bridgehead atoms. The number of ether oxygens (including phenoxy) is 1. The van der Waals surface area contributed by atoms with Gasteiger partial charge in [0.15, 0.2) is 17.4 Å². The fraction of sp³-hybridized carbons (Fsp3) is 0.462. The van der Waals surface area contributed by atoms with Gasteiger partial charge in [-0.25, -0.2) is 8.78 Å². The van der Waals surface area contributed by atoms with Gasteiger partial charge in [-0.15, -0.1) is 0 Å². The van der Waals surface area contributed by atoms with E-state index in [0.29, 0.717) is 6.61 Å². The van der Waals surface area contributed by atoms with Crippen LogP contribution in [0, 0.1) is 18.6 Å². The second-order valence-corrected chi connectivity index (χ2v) is 3.84. The molecule has 0 N–H and O–H groups in total. The van der Waals surface area contributed by atoms with E-state index in [9.17, 15) is 13.6 Å². The number of Topliss-reactive ketones (excluding diaryl/α,β-unsaturated/α-hetero) is 1. The van der Waals surface area contributed by atoms with E-state index in [0.717, 1.165) is 6.42 Å². The largest absolute Gasteiger partial charge is 0.381 e. The molecule has 0 heterocycles. The van der Waals surface area contributed by atoms with Gasteiger partial charge in [0.1, 0.15) is 0 Å². The predicted molar refractivity (Wildman–Crippen MR) is 61.2 cm³/mol. The van der Waals surface area contributed by atoms with Gasteiger partial charge in [-0.1, -0.05) is 13.0 Å². The molecule has 0 saturated heterocycles. The van der Waals surface area contributed by atoms with E-state index in [4.69, 9.17) is 4.74 Å². The van der Waals surface area contributed by atoms with Gasteiger partial charge in [-0.05, 0) is 25.0 Å². The lowest BCUT2D eigenvalue weighted by Crippen LogP contribution is -2.09. The highest BCUT2D eigenvalue weighted by atomic mass is 19.2. The molecule has 0 atom stereocenters. The number of halogens is 2. The molecular weight excluding hydrogens is 226 g/mol. The van der Waals surface area contributed by atoms with Crippen molar-refractivity contribution in [3.63, 3.8) is 0 Å². The van der Waals surface area contributed by atoms with Crippen molar-refractivity contribution in [3.8, 4) is 0 Å². The van der Waals surface area contributed by atoms with Crippen molar-refractivity contribution in [2.24, 2.45) is 0 Å². The summed E-state index contributed by atoms with van der Waals surface area (Å²) in [6.07, 6.45) is 0.932. The molecule has 0 saturated carbocycles. The van der Waals surface area contributed by atoms with Crippen molar-refractivity contribution in [3.05, 3.63) is 34.9 Å². The zero-order valence-electron chi connectivity index (χ0n) is 10.1. The second kappa shape index (κ2) is 6.45. The Morgan fingerprint density at radius 3 is 2.59 bits per heavy atom. The maximum absolute atomic E-state index is 13.5. The molecule has 0 aromatic heterocycles. The molecule has 0 aliphatic carbocycles. The van der Waals surface area contributed by atoms with Gasteiger partial charge in [0.2, 0.25) is 0 Å². The van der Waals surface area contributed by atoms with Crippen molar-refractivity contribution >= 4 is 5.78 Å². The third-order valence-electron chi connectivity index (χ3n) is 2.40. The van der Waals surface area contributed by atoms with Crippen LogP contribution in [-0.2, 0) is 4.74 Å². The van der Waals surface area contributed by atoms with Crippen LogP contribution in [0.5, 0.6) is 0 Å². The van der Waals surface area contributed by atoms with Crippen LogP contribution >= 0.6 is 0 Å². The van der Waals surface area contributed by atoms with Crippen molar-refractivity contribution in [1.82, 2.24) is 0 Å². The number of hydrogen-bond donors (Lipinski definition) is 0. The zero-order valence-corrected chi connectivity index (χ0v) is 10.1.